The molecule has 0 saturated heterocycles. The van der Waals surface area contributed by atoms with Gasteiger partial charge in [0.1, 0.15) is 11.6 Å². The van der Waals surface area contributed by atoms with Crippen LogP contribution in [-0.4, -0.2) is 5.78 Å². The molecule has 2 rings (SSSR count). The topological polar surface area (TPSA) is 66.9 Å². The number of hydrogen-bond acceptors (Lipinski definition) is 3. The Balaban J connectivity index is 2.33. The maximum atomic E-state index is 12.1. The zero-order valence-corrected chi connectivity index (χ0v) is 10.2. The van der Waals surface area contributed by atoms with Crippen molar-refractivity contribution >= 4 is 17.5 Å². The van der Waals surface area contributed by atoms with Crippen LogP contribution in [0, 0.1) is 11.3 Å². The van der Waals surface area contributed by atoms with Crippen LogP contribution in [0.4, 0.5) is 5.69 Å². The van der Waals surface area contributed by atoms with Crippen molar-refractivity contribution in [1.82, 2.24) is 0 Å². The smallest absolute Gasteiger partial charge is 0.203 e. The zero-order valence-electron chi connectivity index (χ0n) is 10.2. The van der Waals surface area contributed by atoms with Gasteiger partial charge in [-0.25, -0.2) is 0 Å². The van der Waals surface area contributed by atoms with Crippen LogP contribution in [0.3, 0.4) is 0 Å². The van der Waals surface area contributed by atoms with Gasteiger partial charge in [0, 0.05) is 11.3 Å². The third-order valence-electron chi connectivity index (χ3n) is 2.65. The number of nitrogen functional groups attached to an aromatic ring is 1. The van der Waals surface area contributed by atoms with Crippen LogP contribution >= 0.6 is 0 Å². The highest BCUT2D eigenvalue weighted by molar-refractivity contribution is 6.14. The Morgan fingerprint density at radius 2 is 1.68 bits per heavy atom. The number of hydrogen-bond donors (Lipinski definition) is 1. The number of allylic oxidation sites excluding steroid dienone is 1. The molecule has 0 spiro atoms. The van der Waals surface area contributed by atoms with Crippen molar-refractivity contribution in [3.63, 3.8) is 0 Å². The van der Waals surface area contributed by atoms with Gasteiger partial charge in [0.15, 0.2) is 0 Å². The number of nitrogens with zero attached hydrogens (tertiary/aromatic N) is 1. The highest BCUT2D eigenvalue weighted by Gasteiger charge is 2.11. The minimum absolute atomic E-state index is 0.107. The van der Waals surface area contributed by atoms with Crippen LogP contribution in [0.1, 0.15) is 15.9 Å². The maximum Gasteiger partial charge on any atom is 0.203 e. The Kier molecular flexibility index (Phi) is 3.75. The Bertz CT molecular complexity index is 649. The molecule has 0 radical (unpaired) electrons. The number of rotatable bonds is 3. The molecule has 0 aromatic heterocycles. The van der Waals surface area contributed by atoms with Crippen LogP contribution < -0.4 is 5.73 Å². The SMILES string of the molecule is N#CC(=Cc1ccc(N)cc1)C(=O)c1ccccc1. The van der Waals surface area contributed by atoms with Crippen molar-refractivity contribution in [2.45, 2.75) is 0 Å². The lowest BCUT2D eigenvalue weighted by Gasteiger charge is -2.00. The van der Waals surface area contributed by atoms with Crippen molar-refractivity contribution in [3.05, 3.63) is 71.3 Å². The molecule has 19 heavy (non-hydrogen) atoms. The van der Waals surface area contributed by atoms with Crippen LogP contribution in [-0.2, 0) is 0 Å². The predicted molar refractivity (Wildman–Crippen MR) is 75.2 cm³/mol. The average Bonchev–Trinajstić information content (AvgIpc) is 2.47. The van der Waals surface area contributed by atoms with Gasteiger partial charge in [-0.3, -0.25) is 4.79 Å². The summed E-state index contributed by atoms with van der Waals surface area (Å²) in [6.45, 7) is 0. The van der Waals surface area contributed by atoms with Crippen molar-refractivity contribution < 1.29 is 4.79 Å². The first-order valence-corrected chi connectivity index (χ1v) is 5.78. The second kappa shape index (κ2) is 5.65. The van der Waals surface area contributed by atoms with Gasteiger partial charge in [0.25, 0.3) is 0 Å². The van der Waals surface area contributed by atoms with Crippen LogP contribution in [0.5, 0.6) is 0 Å². The highest BCUT2D eigenvalue weighted by Crippen LogP contribution is 2.13. The van der Waals surface area contributed by atoms with Gasteiger partial charge in [-0.1, -0.05) is 42.5 Å². The Labute approximate surface area is 111 Å². The lowest BCUT2D eigenvalue weighted by Crippen LogP contribution is -2.01. The lowest BCUT2D eigenvalue weighted by atomic mass is 10.0. The zero-order chi connectivity index (χ0) is 13.7. The molecule has 92 valence electrons. The van der Waals surface area contributed by atoms with E-state index >= 15 is 0 Å². The van der Waals surface area contributed by atoms with E-state index in [1.54, 1.807) is 54.6 Å². The molecule has 3 heteroatoms. The molecule has 2 N–H and O–H groups in total. The standard InChI is InChI=1S/C16H12N2O/c17-11-14(10-12-6-8-15(18)9-7-12)16(19)13-4-2-1-3-5-13/h1-10H,18H2. The predicted octanol–water partition coefficient (Wildman–Crippen LogP) is 3.06. The number of ketones is 1. The fraction of sp³-hybridized carbons (Fsp3) is 0. The van der Waals surface area contributed by atoms with Crippen LogP contribution in [0.25, 0.3) is 6.08 Å². The van der Waals surface area contributed by atoms with E-state index in [1.807, 2.05) is 12.1 Å². The summed E-state index contributed by atoms with van der Waals surface area (Å²) in [7, 11) is 0. The van der Waals surface area contributed by atoms with E-state index in [4.69, 9.17) is 11.0 Å². The molecule has 2 aromatic rings. The van der Waals surface area contributed by atoms with Crippen LogP contribution in [0.2, 0.25) is 0 Å². The van der Waals surface area contributed by atoms with Gasteiger partial charge in [0.05, 0.1) is 0 Å². The van der Waals surface area contributed by atoms with Crippen molar-refractivity contribution in [2.75, 3.05) is 5.73 Å². The van der Waals surface area contributed by atoms with E-state index in [0.717, 1.165) is 5.56 Å². The first-order chi connectivity index (χ1) is 9.20. The molecule has 0 aliphatic heterocycles. The minimum atomic E-state index is -0.278. The van der Waals surface area contributed by atoms with Crippen molar-refractivity contribution in [1.29, 1.82) is 5.26 Å². The highest BCUT2D eigenvalue weighted by atomic mass is 16.1. The summed E-state index contributed by atoms with van der Waals surface area (Å²) in [4.78, 5) is 12.1. The number of anilines is 1. The van der Waals surface area contributed by atoms with Gasteiger partial charge in [-0.2, -0.15) is 5.26 Å². The normalized spacial score (nSPS) is 10.8. The summed E-state index contributed by atoms with van der Waals surface area (Å²) in [5, 5.41) is 9.11. The lowest BCUT2D eigenvalue weighted by molar-refractivity contribution is 0.104. The molecule has 0 fully saturated rings. The summed E-state index contributed by atoms with van der Waals surface area (Å²) in [5.74, 6) is -0.278. The molecule has 0 atom stereocenters. The number of nitrogens with two attached hydrogens (primary N) is 1. The van der Waals surface area contributed by atoms with Gasteiger partial charge in [0.2, 0.25) is 5.78 Å². The summed E-state index contributed by atoms with van der Waals surface area (Å²) < 4.78 is 0. The van der Waals surface area contributed by atoms with Crippen molar-refractivity contribution in [2.24, 2.45) is 0 Å². The molecule has 0 unspecified atom stereocenters. The van der Waals surface area contributed by atoms with E-state index in [9.17, 15) is 4.79 Å². The molecule has 0 bridgehead atoms. The molecule has 0 aliphatic carbocycles. The number of carbonyl (C=O) groups is 1. The van der Waals surface area contributed by atoms with E-state index in [-0.39, 0.29) is 11.4 Å². The Morgan fingerprint density at radius 3 is 2.26 bits per heavy atom. The average molecular weight is 248 g/mol. The molecule has 0 amide bonds. The Morgan fingerprint density at radius 1 is 1.05 bits per heavy atom. The van der Waals surface area contributed by atoms with E-state index in [1.165, 1.54) is 0 Å². The summed E-state index contributed by atoms with van der Waals surface area (Å²) in [6, 6.07) is 17.7. The third-order valence-corrected chi connectivity index (χ3v) is 2.65. The molecule has 2 aromatic carbocycles. The summed E-state index contributed by atoms with van der Waals surface area (Å²) >= 11 is 0. The fourth-order valence-corrected chi connectivity index (χ4v) is 1.65. The number of benzene rings is 2. The molecular formula is C16H12N2O. The van der Waals surface area contributed by atoms with Gasteiger partial charge < -0.3 is 5.73 Å². The van der Waals surface area contributed by atoms with Gasteiger partial charge in [-0.15, -0.1) is 0 Å². The van der Waals surface area contributed by atoms with E-state index < -0.39 is 0 Å². The second-order valence-electron chi connectivity index (χ2n) is 4.03. The molecule has 0 heterocycles. The maximum absolute atomic E-state index is 12.1. The number of carbonyl (C=O) groups excluding carboxylic acids is 1. The van der Waals surface area contributed by atoms with Crippen LogP contribution in [0.15, 0.2) is 60.2 Å². The summed E-state index contributed by atoms with van der Waals surface area (Å²) in [6.07, 6.45) is 1.56. The van der Waals surface area contributed by atoms with E-state index in [2.05, 4.69) is 0 Å². The van der Waals surface area contributed by atoms with Gasteiger partial charge in [-0.05, 0) is 23.8 Å². The number of nitriles is 1. The van der Waals surface area contributed by atoms with E-state index in [0.29, 0.717) is 11.3 Å². The second-order valence-corrected chi connectivity index (χ2v) is 4.03. The molecule has 0 aliphatic rings. The minimum Gasteiger partial charge on any atom is -0.399 e. The largest absolute Gasteiger partial charge is 0.399 e. The fourth-order valence-electron chi connectivity index (χ4n) is 1.65. The summed E-state index contributed by atoms with van der Waals surface area (Å²) in [5.41, 5.74) is 7.62. The Hall–Kier alpha value is -2.86. The first-order valence-electron chi connectivity index (χ1n) is 5.78. The molecular weight excluding hydrogens is 236 g/mol. The quantitative estimate of drug-likeness (QED) is 0.393. The van der Waals surface area contributed by atoms with Gasteiger partial charge >= 0.3 is 0 Å². The third kappa shape index (κ3) is 3.08. The van der Waals surface area contributed by atoms with Crippen molar-refractivity contribution in [3.8, 4) is 6.07 Å². The molecule has 3 nitrogen and oxygen atoms in total. The first kappa shape index (κ1) is 12.6. The number of Topliss-reactive ketones (excluding diaryl/α,β-unsaturated/α-hetero) is 1. The monoisotopic (exact) mass is 248 g/mol. The molecule has 0 saturated carbocycles.